The average Bonchev–Trinajstić information content (AvgIpc) is 2.35. The number of aryl methyl sites for hydroxylation is 1. The van der Waals surface area contributed by atoms with Crippen molar-refractivity contribution in [3.8, 4) is 0 Å². The van der Waals surface area contributed by atoms with Gasteiger partial charge in [-0.15, -0.1) is 0 Å². The van der Waals surface area contributed by atoms with Gasteiger partial charge in [-0.3, -0.25) is 4.98 Å². The molecule has 0 aliphatic heterocycles. The first-order valence-electron chi connectivity index (χ1n) is 6.44. The molecule has 1 aromatic heterocycles. The van der Waals surface area contributed by atoms with Gasteiger partial charge in [0.25, 0.3) is 0 Å². The molecule has 0 bridgehead atoms. The normalized spacial score (nSPS) is 29.0. The Labute approximate surface area is 103 Å². The minimum atomic E-state index is -0.000949. The van der Waals surface area contributed by atoms with Crippen LogP contribution < -0.4 is 11.1 Å². The highest BCUT2D eigenvalue weighted by Crippen LogP contribution is 2.35. The lowest BCUT2D eigenvalue weighted by molar-refractivity contribution is 0.235. The molecule has 4 heteroatoms. The minimum Gasteiger partial charge on any atom is -0.362 e. The van der Waals surface area contributed by atoms with Crippen LogP contribution in [0.5, 0.6) is 0 Å². The molecular weight excluding hydrogens is 212 g/mol. The van der Waals surface area contributed by atoms with E-state index in [0.29, 0.717) is 12.5 Å². The predicted molar refractivity (Wildman–Crippen MR) is 69.8 cm³/mol. The zero-order chi connectivity index (χ0) is 12.3. The molecule has 0 radical (unpaired) electrons. The molecule has 0 amide bonds. The molecule has 1 aromatic rings. The number of nitrogens with one attached hydrogen (secondary N) is 1. The number of nitrogens with zero attached hydrogens (tertiary/aromatic N) is 2. The van der Waals surface area contributed by atoms with Crippen LogP contribution in [0, 0.1) is 12.8 Å². The van der Waals surface area contributed by atoms with Crippen LogP contribution in [0.4, 0.5) is 5.82 Å². The predicted octanol–water partition coefficient (Wildman–Crippen LogP) is 2.10. The second-order valence-corrected chi connectivity index (χ2v) is 5.12. The van der Waals surface area contributed by atoms with Crippen LogP contribution >= 0.6 is 0 Å². The Kier molecular flexibility index (Phi) is 3.62. The van der Waals surface area contributed by atoms with Gasteiger partial charge in [-0.1, -0.05) is 19.8 Å². The molecule has 0 spiro atoms. The highest BCUT2D eigenvalue weighted by Gasteiger charge is 2.37. The van der Waals surface area contributed by atoms with Crippen molar-refractivity contribution in [2.75, 3.05) is 11.9 Å². The number of anilines is 1. The SMILES string of the molecule is Cc1nccnc1NC1(CN)CCCCC1C. The lowest BCUT2D eigenvalue weighted by Crippen LogP contribution is -2.52. The zero-order valence-corrected chi connectivity index (χ0v) is 10.7. The summed E-state index contributed by atoms with van der Waals surface area (Å²) in [5.41, 5.74) is 6.96. The second kappa shape index (κ2) is 5.00. The van der Waals surface area contributed by atoms with Crippen molar-refractivity contribution in [1.29, 1.82) is 0 Å². The number of nitrogens with two attached hydrogens (primary N) is 1. The van der Waals surface area contributed by atoms with Crippen LogP contribution in [-0.2, 0) is 0 Å². The fourth-order valence-corrected chi connectivity index (χ4v) is 2.72. The summed E-state index contributed by atoms with van der Waals surface area (Å²) in [5, 5.41) is 3.56. The summed E-state index contributed by atoms with van der Waals surface area (Å²) in [4.78, 5) is 8.64. The average molecular weight is 234 g/mol. The maximum absolute atomic E-state index is 6.02. The van der Waals surface area contributed by atoms with Crippen molar-refractivity contribution < 1.29 is 0 Å². The van der Waals surface area contributed by atoms with Crippen LogP contribution in [0.15, 0.2) is 12.4 Å². The molecule has 2 unspecified atom stereocenters. The highest BCUT2D eigenvalue weighted by atomic mass is 15.1. The molecule has 17 heavy (non-hydrogen) atoms. The molecule has 1 heterocycles. The second-order valence-electron chi connectivity index (χ2n) is 5.12. The summed E-state index contributed by atoms with van der Waals surface area (Å²) in [7, 11) is 0. The van der Waals surface area contributed by atoms with E-state index in [4.69, 9.17) is 5.73 Å². The van der Waals surface area contributed by atoms with Crippen molar-refractivity contribution in [3.05, 3.63) is 18.1 Å². The molecule has 0 saturated heterocycles. The quantitative estimate of drug-likeness (QED) is 0.840. The van der Waals surface area contributed by atoms with Crippen molar-refractivity contribution in [1.82, 2.24) is 9.97 Å². The van der Waals surface area contributed by atoms with Gasteiger partial charge in [0.1, 0.15) is 5.82 Å². The van der Waals surface area contributed by atoms with Crippen LogP contribution in [0.1, 0.15) is 38.3 Å². The molecule has 0 aromatic carbocycles. The number of aromatic nitrogens is 2. The third-order valence-corrected chi connectivity index (χ3v) is 4.07. The molecule has 1 fully saturated rings. The van der Waals surface area contributed by atoms with Gasteiger partial charge >= 0.3 is 0 Å². The fourth-order valence-electron chi connectivity index (χ4n) is 2.72. The molecule has 3 N–H and O–H groups in total. The van der Waals surface area contributed by atoms with E-state index in [1.54, 1.807) is 12.4 Å². The lowest BCUT2D eigenvalue weighted by Gasteiger charge is -2.43. The highest BCUT2D eigenvalue weighted by molar-refractivity contribution is 5.42. The van der Waals surface area contributed by atoms with Crippen molar-refractivity contribution >= 4 is 5.82 Å². The van der Waals surface area contributed by atoms with Gasteiger partial charge < -0.3 is 11.1 Å². The Morgan fingerprint density at radius 1 is 1.41 bits per heavy atom. The van der Waals surface area contributed by atoms with Crippen LogP contribution in [0.2, 0.25) is 0 Å². The van der Waals surface area contributed by atoms with Gasteiger partial charge in [0.15, 0.2) is 0 Å². The Hall–Kier alpha value is -1.16. The van der Waals surface area contributed by atoms with Gasteiger partial charge in [-0.05, 0) is 25.7 Å². The smallest absolute Gasteiger partial charge is 0.147 e. The number of rotatable bonds is 3. The first-order chi connectivity index (χ1) is 8.18. The molecule has 2 atom stereocenters. The summed E-state index contributed by atoms with van der Waals surface area (Å²) < 4.78 is 0. The van der Waals surface area contributed by atoms with E-state index in [2.05, 4.69) is 22.2 Å². The van der Waals surface area contributed by atoms with E-state index in [0.717, 1.165) is 17.9 Å². The Morgan fingerprint density at radius 2 is 2.18 bits per heavy atom. The van der Waals surface area contributed by atoms with Crippen molar-refractivity contribution in [3.63, 3.8) is 0 Å². The Balaban J connectivity index is 2.22. The van der Waals surface area contributed by atoms with Crippen molar-refractivity contribution in [2.24, 2.45) is 11.7 Å². The Bertz CT molecular complexity index is 379. The standard InChI is InChI=1S/C13H22N4/c1-10-5-3-4-6-13(10,9-14)17-12-11(2)15-7-8-16-12/h7-8,10H,3-6,9,14H2,1-2H3,(H,16,17). The van der Waals surface area contributed by atoms with Crippen LogP contribution in [-0.4, -0.2) is 22.1 Å². The zero-order valence-electron chi connectivity index (χ0n) is 10.7. The molecular formula is C13H22N4. The van der Waals surface area contributed by atoms with Gasteiger partial charge in [0.2, 0.25) is 0 Å². The first-order valence-corrected chi connectivity index (χ1v) is 6.44. The van der Waals surface area contributed by atoms with E-state index < -0.39 is 0 Å². The van der Waals surface area contributed by atoms with Gasteiger partial charge in [-0.2, -0.15) is 0 Å². The summed E-state index contributed by atoms with van der Waals surface area (Å²) >= 11 is 0. The molecule has 2 rings (SSSR count). The largest absolute Gasteiger partial charge is 0.362 e. The third kappa shape index (κ3) is 2.41. The van der Waals surface area contributed by atoms with E-state index in [-0.39, 0.29) is 5.54 Å². The molecule has 1 aliphatic rings. The number of hydrogen-bond donors (Lipinski definition) is 2. The number of hydrogen-bond acceptors (Lipinski definition) is 4. The Morgan fingerprint density at radius 3 is 2.82 bits per heavy atom. The molecule has 1 saturated carbocycles. The van der Waals surface area contributed by atoms with E-state index in [9.17, 15) is 0 Å². The lowest BCUT2D eigenvalue weighted by atomic mass is 9.73. The van der Waals surface area contributed by atoms with Crippen LogP contribution in [0.3, 0.4) is 0 Å². The maximum Gasteiger partial charge on any atom is 0.147 e. The van der Waals surface area contributed by atoms with E-state index >= 15 is 0 Å². The van der Waals surface area contributed by atoms with E-state index in [1.807, 2.05) is 6.92 Å². The molecule has 4 nitrogen and oxygen atoms in total. The summed E-state index contributed by atoms with van der Waals surface area (Å²) in [6, 6.07) is 0. The van der Waals surface area contributed by atoms with Crippen molar-refractivity contribution in [2.45, 2.75) is 45.1 Å². The minimum absolute atomic E-state index is 0.000949. The topological polar surface area (TPSA) is 63.8 Å². The summed E-state index contributed by atoms with van der Waals surface area (Å²) in [6.45, 7) is 4.92. The third-order valence-electron chi connectivity index (χ3n) is 4.07. The summed E-state index contributed by atoms with van der Waals surface area (Å²) in [6.07, 6.45) is 8.37. The van der Waals surface area contributed by atoms with Gasteiger partial charge in [0, 0.05) is 18.9 Å². The van der Waals surface area contributed by atoms with Gasteiger partial charge in [0.05, 0.1) is 11.2 Å². The first kappa shape index (κ1) is 12.3. The maximum atomic E-state index is 6.02. The fraction of sp³-hybridized carbons (Fsp3) is 0.692. The molecule has 94 valence electrons. The molecule has 1 aliphatic carbocycles. The van der Waals surface area contributed by atoms with E-state index in [1.165, 1.54) is 19.3 Å². The van der Waals surface area contributed by atoms with Gasteiger partial charge in [-0.25, -0.2) is 4.98 Å². The summed E-state index contributed by atoms with van der Waals surface area (Å²) in [5.74, 6) is 1.47. The monoisotopic (exact) mass is 234 g/mol. The van der Waals surface area contributed by atoms with Crippen LogP contribution in [0.25, 0.3) is 0 Å².